The Morgan fingerprint density at radius 3 is 2.95 bits per heavy atom. The van der Waals surface area contributed by atoms with Crippen molar-refractivity contribution in [2.24, 2.45) is 5.73 Å². The van der Waals surface area contributed by atoms with E-state index in [1.54, 1.807) is 6.07 Å². The van der Waals surface area contributed by atoms with E-state index in [1.165, 1.54) is 18.6 Å². The van der Waals surface area contributed by atoms with Gasteiger partial charge >= 0.3 is 0 Å². The van der Waals surface area contributed by atoms with Crippen LogP contribution in [-0.4, -0.2) is 36.5 Å². The maximum Gasteiger partial charge on any atom is 0.251 e. The van der Waals surface area contributed by atoms with E-state index in [0.29, 0.717) is 6.04 Å². The Morgan fingerprint density at radius 2 is 2.24 bits per heavy atom. The first-order chi connectivity index (χ1) is 10.1. The zero-order chi connectivity index (χ0) is 15.2. The first kappa shape index (κ1) is 15.8. The maximum atomic E-state index is 13.5. The summed E-state index contributed by atoms with van der Waals surface area (Å²) < 4.78 is 13.5. The highest BCUT2D eigenvalue weighted by atomic mass is 19.1. The Bertz CT molecular complexity index is 492. The summed E-state index contributed by atoms with van der Waals surface area (Å²) in [6.45, 7) is 5.57. The topological polar surface area (TPSA) is 58.4 Å². The third-order valence-corrected chi connectivity index (χ3v) is 3.96. The number of nitrogens with zero attached hydrogens (tertiary/aromatic N) is 1. The molecular weight excluding hydrogens is 269 g/mol. The van der Waals surface area contributed by atoms with E-state index in [-0.39, 0.29) is 5.56 Å². The lowest BCUT2D eigenvalue weighted by atomic mass is 10.1. The van der Waals surface area contributed by atoms with Gasteiger partial charge in [0.15, 0.2) is 0 Å². The van der Waals surface area contributed by atoms with E-state index in [2.05, 4.69) is 17.1 Å². The van der Waals surface area contributed by atoms with Crippen molar-refractivity contribution in [2.75, 3.05) is 25.0 Å². The monoisotopic (exact) mass is 293 g/mol. The second-order valence-electron chi connectivity index (χ2n) is 5.67. The normalized spacial score (nSPS) is 20.0. The minimum Gasteiger partial charge on any atom is -0.382 e. The molecule has 3 N–H and O–H groups in total. The number of carbonyl (C=O) groups excluding carboxylic acids is 1. The van der Waals surface area contributed by atoms with Crippen molar-refractivity contribution in [3.8, 4) is 0 Å². The Kier molecular flexibility index (Phi) is 5.56. The molecule has 1 unspecified atom stereocenters. The van der Waals surface area contributed by atoms with Crippen LogP contribution in [0.3, 0.4) is 0 Å². The third kappa shape index (κ3) is 4.43. The third-order valence-electron chi connectivity index (χ3n) is 3.96. The molecule has 0 bridgehead atoms. The molecule has 0 saturated carbocycles. The summed E-state index contributed by atoms with van der Waals surface area (Å²) in [5, 5.41) is 3.40. The summed E-state index contributed by atoms with van der Waals surface area (Å²) >= 11 is 0. The first-order valence-electron chi connectivity index (χ1n) is 7.68. The number of carbonyl (C=O) groups is 1. The van der Waals surface area contributed by atoms with Crippen molar-refractivity contribution < 1.29 is 9.18 Å². The summed E-state index contributed by atoms with van der Waals surface area (Å²) in [6, 6.07) is 4.82. The van der Waals surface area contributed by atoms with Gasteiger partial charge in [-0.05, 0) is 57.0 Å². The van der Waals surface area contributed by atoms with Crippen LogP contribution >= 0.6 is 0 Å². The molecule has 116 valence electrons. The average molecular weight is 293 g/mol. The van der Waals surface area contributed by atoms with Crippen molar-refractivity contribution in [2.45, 2.75) is 38.6 Å². The summed E-state index contributed by atoms with van der Waals surface area (Å²) in [7, 11) is 0. The van der Waals surface area contributed by atoms with E-state index < -0.39 is 11.7 Å². The summed E-state index contributed by atoms with van der Waals surface area (Å²) in [5.41, 5.74) is 5.89. The fourth-order valence-electron chi connectivity index (χ4n) is 2.88. The molecule has 1 aliphatic rings. The highest BCUT2D eigenvalue weighted by Crippen LogP contribution is 2.19. The molecule has 1 aliphatic heterocycles. The smallest absolute Gasteiger partial charge is 0.251 e. The minimum absolute atomic E-state index is 0.0544. The zero-order valence-electron chi connectivity index (χ0n) is 12.6. The molecule has 0 aromatic heterocycles. The fourth-order valence-corrected chi connectivity index (χ4v) is 2.88. The molecule has 1 fully saturated rings. The van der Waals surface area contributed by atoms with Crippen LogP contribution in [0.15, 0.2) is 18.2 Å². The highest BCUT2D eigenvalue weighted by molar-refractivity contribution is 5.94. The second kappa shape index (κ2) is 7.41. The lowest BCUT2D eigenvalue weighted by Crippen LogP contribution is -2.27. The SMILES string of the molecule is CCCN1CCCC(Nc2ccc(F)c(C(N)=O)c2)CC1. The number of hydrogen-bond acceptors (Lipinski definition) is 3. The Labute approximate surface area is 125 Å². The molecule has 4 nitrogen and oxygen atoms in total. The molecule has 1 atom stereocenters. The van der Waals surface area contributed by atoms with Crippen LogP contribution in [0.5, 0.6) is 0 Å². The number of likely N-dealkylation sites (tertiary alicyclic amines) is 1. The predicted octanol–water partition coefficient (Wildman–Crippen LogP) is 2.60. The van der Waals surface area contributed by atoms with Gasteiger partial charge in [-0.15, -0.1) is 0 Å². The molecule has 1 aromatic carbocycles. The van der Waals surface area contributed by atoms with Gasteiger partial charge in [0, 0.05) is 18.3 Å². The lowest BCUT2D eigenvalue weighted by Gasteiger charge is -2.20. The predicted molar refractivity (Wildman–Crippen MR) is 82.9 cm³/mol. The molecule has 2 rings (SSSR count). The number of primary amides is 1. The van der Waals surface area contributed by atoms with Gasteiger partial charge in [-0.3, -0.25) is 4.79 Å². The van der Waals surface area contributed by atoms with Crippen LogP contribution in [0.2, 0.25) is 0 Å². The van der Waals surface area contributed by atoms with Crippen LogP contribution < -0.4 is 11.1 Å². The van der Waals surface area contributed by atoms with Gasteiger partial charge in [-0.2, -0.15) is 0 Å². The lowest BCUT2D eigenvalue weighted by molar-refractivity contribution is 0.0996. The number of amides is 1. The Balaban J connectivity index is 1.98. The van der Waals surface area contributed by atoms with Crippen molar-refractivity contribution in [3.63, 3.8) is 0 Å². The number of nitrogens with one attached hydrogen (secondary N) is 1. The molecule has 21 heavy (non-hydrogen) atoms. The molecular formula is C16H24FN3O. The molecule has 0 spiro atoms. The first-order valence-corrected chi connectivity index (χ1v) is 7.68. The van der Waals surface area contributed by atoms with Gasteiger partial charge in [0.25, 0.3) is 5.91 Å². The van der Waals surface area contributed by atoms with E-state index in [1.807, 2.05) is 0 Å². The molecule has 1 heterocycles. The van der Waals surface area contributed by atoms with Gasteiger partial charge in [-0.25, -0.2) is 4.39 Å². The molecule has 0 aliphatic carbocycles. The van der Waals surface area contributed by atoms with Gasteiger partial charge in [0.05, 0.1) is 5.56 Å². The van der Waals surface area contributed by atoms with Gasteiger partial charge in [0.1, 0.15) is 5.82 Å². The maximum absolute atomic E-state index is 13.5. The second-order valence-corrected chi connectivity index (χ2v) is 5.67. The summed E-state index contributed by atoms with van der Waals surface area (Å²) in [5.74, 6) is -1.30. The van der Waals surface area contributed by atoms with Crippen molar-refractivity contribution >= 4 is 11.6 Å². The summed E-state index contributed by atoms with van der Waals surface area (Å²) in [6.07, 6.45) is 4.48. The van der Waals surface area contributed by atoms with Gasteiger partial charge in [-0.1, -0.05) is 6.92 Å². The minimum atomic E-state index is -0.730. The summed E-state index contributed by atoms with van der Waals surface area (Å²) in [4.78, 5) is 13.7. The standard InChI is InChI=1S/C16H24FN3O/c1-2-8-20-9-3-4-12(7-10-20)19-13-5-6-15(17)14(11-13)16(18)21/h5-6,11-12,19H,2-4,7-10H2,1H3,(H2,18,21). The Morgan fingerprint density at radius 1 is 1.43 bits per heavy atom. The van der Waals surface area contributed by atoms with Crippen LogP contribution in [0.4, 0.5) is 10.1 Å². The molecule has 1 saturated heterocycles. The van der Waals surface area contributed by atoms with Crippen molar-refractivity contribution in [1.29, 1.82) is 0 Å². The van der Waals surface area contributed by atoms with Crippen LogP contribution in [0.25, 0.3) is 0 Å². The molecule has 1 amide bonds. The van der Waals surface area contributed by atoms with Crippen molar-refractivity contribution in [3.05, 3.63) is 29.6 Å². The quantitative estimate of drug-likeness (QED) is 0.877. The molecule has 0 radical (unpaired) electrons. The number of rotatable bonds is 5. The number of nitrogens with two attached hydrogens (primary N) is 1. The molecule has 5 heteroatoms. The zero-order valence-corrected chi connectivity index (χ0v) is 12.6. The van der Waals surface area contributed by atoms with Gasteiger partial charge < -0.3 is 16.0 Å². The fraction of sp³-hybridized carbons (Fsp3) is 0.562. The largest absolute Gasteiger partial charge is 0.382 e. The number of halogens is 1. The van der Waals surface area contributed by atoms with Crippen LogP contribution in [0, 0.1) is 5.82 Å². The van der Waals surface area contributed by atoms with E-state index in [0.717, 1.165) is 44.6 Å². The number of anilines is 1. The molecule has 1 aromatic rings. The Hall–Kier alpha value is -1.62. The van der Waals surface area contributed by atoms with E-state index in [9.17, 15) is 9.18 Å². The van der Waals surface area contributed by atoms with E-state index >= 15 is 0 Å². The van der Waals surface area contributed by atoms with Crippen LogP contribution in [-0.2, 0) is 0 Å². The average Bonchev–Trinajstić information content (AvgIpc) is 2.67. The number of benzene rings is 1. The van der Waals surface area contributed by atoms with Crippen LogP contribution in [0.1, 0.15) is 43.0 Å². The van der Waals surface area contributed by atoms with E-state index in [4.69, 9.17) is 5.73 Å². The van der Waals surface area contributed by atoms with Crippen molar-refractivity contribution in [1.82, 2.24) is 4.90 Å². The van der Waals surface area contributed by atoms with Gasteiger partial charge in [0.2, 0.25) is 0 Å². The number of hydrogen-bond donors (Lipinski definition) is 2. The highest BCUT2D eigenvalue weighted by Gasteiger charge is 2.17.